The molecule has 2 rings (SSSR count). The number of pyridine rings is 1. The monoisotopic (exact) mass is 258 g/mol. The number of aromatic nitrogens is 1. The van der Waals surface area contributed by atoms with Crippen LogP contribution in [0, 0.1) is 0 Å². The molecule has 1 atom stereocenters. The van der Waals surface area contributed by atoms with Crippen LogP contribution in [0.1, 0.15) is 25.5 Å². The van der Waals surface area contributed by atoms with Gasteiger partial charge in [0.05, 0.1) is 6.04 Å². The van der Waals surface area contributed by atoms with E-state index in [-0.39, 0.29) is 11.6 Å². The number of nitrogens with zero attached hydrogens (tertiary/aromatic N) is 2. The van der Waals surface area contributed by atoms with Gasteiger partial charge in [-0.15, -0.1) is 0 Å². The smallest absolute Gasteiger partial charge is 0.0644 e. The van der Waals surface area contributed by atoms with Gasteiger partial charge in [0.15, 0.2) is 0 Å². The Morgan fingerprint density at radius 2 is 2.00 bits per heavy atom. The van der Waals surface area contributed by atoms with E-state index >= 15 is 0 Å². The third-order valence-electron chi connectivity index (χ3n) is 4.05. The fourth-order valence-electron chi connectivity index (χ4n) is 2.32. The Morgan fingerprint density at radius 1 is 1.26 bits per heavy atom. The molecule has 0 aliphatic rings. The van der Waals surface area contributed by atoms with Crippen LogP contribution in [-0.2, 0) is 0 Å². The molecule has 19 heavy (non-hydrogen) atoms. The molecule has 1 aromatic heterocycles. The lowest BCUT2D eigenvalue weighted by molar-refractivity contribution is 0.139. The van der Waals surface area contributed by atoms with Crippen LogP contribution in [-0.4, -0.2) is 29.5 Å². The van der Waals surface area contributed by atoms with Gasteiger partial charge in [0.25, 0.3) is 0 Å². The van der Waals surface area contributed by atoms with E-state index in [9.17, 15) is 0 Å². The predicted octanol–water partition coefficient (Wildman–Crippen LogP) is 2.08. The van der Waals surface area contributed by atoms with Crippen molar-refractivity contribution in [3.8, 4) is 0 Å². The largest absolute Gasteiger partial charge is 0.302 e. The number of rotatable bonds is 4. The first-order valence-corrected chi connectivity index (χ1v) is 6.44. The lowest BCUT2D eigenvalue weighted by atomic mass is 9.86. The highest BCUT2D eigenvalue weighted by molar-refractivity contribution is 5.85. The maximum absolute atomic E-state index is 5.82. The SMILES string of the molecule is CN(C)C(C)(C)C(NN)c1cccc2ccncc12. The van der Waals surface area contributed by atoms with Gasteiger partial charge in [-0.3, -0.25) is 16.3 Å². The molecule has 0 amide bonds. The summed E-state index contributed by atoms with van der Waals surface area (Å²) in [5.41, 5.74) is 4.02. The topological polar surface area (TPSA) is 54.2 Å². The molecule has 0 aliphatic carbocycles. The Hall–Kier alpha value is -1.49. The standard InChI is InChI=1S/C15H22N4/c1-15(2,19(3)4)14(18-16)12-7-5-6-11-8-9-17-10-13(11)12/h5-10,14,18H,16H2,1-4H3. The molecule has 0 aliphatic heterocycles. The maximum Gasteiger partial charge on any atom is 0.0644 e. The van der Waals surface area contributed by atoms with Crippen LogP contribution in [0.25, 0.3) is 10.8 Å². The van der Waals surface area contributed by atoms with Crippen LogP contribution in [0.2, 0.25) is 0 Å². The second-order valence-corrected chi connectivity index (χ2v) is 5.59. The highest BCUT2D eigenvalue weighted by atomic mass is 15.3. The van der Waals surface area contributed by atoms with Crippen LogP contribution in [0.5, 0.6) is 0 Å². The summed E-state index contributed by atoms with van der Waals surface area (Å²) >= 11 is 0. The average molecular weight is 258 g/mol. The number of nitrogens with one attached hydrogen (secondary N) is 1. The summed E-state index contributed by atoms with van der Waals surface area (Å²) in [5.74, 6) is 5.82. The first-order chi connectivity index (χ1) is 8.98. The molecule has 0 saturated carbocycles. The van der Waals surface area contributed by atoms with Gasteiger partial charge < -0.3 is 4.90 Å². The zero-order valence-corrected chi connectivity index (χ0v) is 12.0. The van der Waals surface area contributed by atoms with Crippen molar-refractivity contribution in [3.05, 3.63) is 42.2 Å². The molecule has 0 saturated heterocycles. The highest BCUT2D eigenvalue weighted by Gasteiger charge is 2.33. The second kappa shape index (κ2) is 5.25. The highest BCUT2D eigenvalue weighted by Crippen LogP contribution is 2.32. The van der Waals surface area contributed by atoms with E-state index in [1.807, 2.05) is 18.5 Å². The minimum absolute atomic E-state index is 0.0235. The van der Waals surface area contributed by atoms with E-state index in [1.54, 1.807) is 0 Å². The quantitative estimate of drug-likeness (QED) is 0.651. The molecule has 0 bridgehead atoms. The van der Waals surface area contributed by atoms with Crippen LogP contribution in [0.3, 0.4) is 0 Å². The molecule has 1 aromatic carbocycles. The van der Waals surface area contributed by atoms with Crippen molar-refractivity contribution >= 4 is 10.8 Å². The summed E-state index contributed by atoms with van der Waals surface area (Å²) in [6, 6.07) is 8.31. The normalized spacial score (nSPS) is 14.0. The lowest BCUT2D eigenvalue weighted by Gasteiger charge is -2.40. The van der Waals surface area contributed by atoms with E-state index < -0.39 is 0 Å². The molecule has 102 valence electrons. The van der Waals surface area contributed by atoms with Gasteiger partial charge in [-0.1, -0.05) is 18.2 Å². The molecule has 0 fully saturated rings. The fraction of sp³-hybridized carbons (Fsp3) is 0.400. The first kappa shape index (κ1) is 13.9. The fourth-order valence-corrected chi connectivity index (χ4v) is 2.32. The predicted molar refractivity (Wildman–Crippen MR) is 79.6 cm³/mol. The van der Waals surface area contributed by atoms with Crippen molar-refractivity contribution in [3.63, 3.8) is 0 Å². The molecule has 1 unspecified atom stereocenters. The number of likely N-dealkylation sites (N-methyl/N-ethyl adjacent to an activating group) is 1. The molecule has 1 heterocycles. The third kappa shape index (κ3) is 2.47. The van der Waals surface area contributed by atoms with Gasteiger partial charge in [-0.25, -0.2) is 0 Å². The minimum Gasteiger partial charge on any atom is -0.302 e. The number of hydrazine groups is 1. The molecule has 2 aromatic rings. The lowest BCUT2D eigenvalue weighted by Crippen LogP contribution is -2.51. The Balaban J connectivity index is 2.59. The Morgan fingerprint density at radius 3 is 2.63 bits per heavy atom. The van der Waals surface area contributed by atoms with Crippen molar-refractivity contribution in [2.45, 2.75) is 25.4 Å². The van der Waals surface area contributed by atoms with Gasteiger partial charge in [0.1, 0.15) is 0 Å². The molecular weight excluding hydrogens is 236 g/mol. The van der Waals surface area contributed by atoms with Gasteiger partial charge in [-0.05, 0) is 45.0 Å². The third-order valence-corrected chi connectivity index (χ3v) is 4.05. The molecular formula is C15H22N4. The molecule has 0 spiro atoms. The van der Waals surface area contributed by atoms with E-state index in [4.69, 9.17) is 5.84 Å². The number of benzene rings is 1. The van der Waals surface area contributed by atoms with E-state index in [0.29, 0.717) is 0 Å². The Bertz CT molecular complexity index is 558. The minimum atomic E-state index is -0.112. The summed E-state index contributed by atoms with van der Waals surface area (Å²) in [6.45, 7) is 4.35. The van der Waals surface area contributed by atoms with Gasteiger partial charge >= 0.3 is 0 Å². The van der Waals surface area contributed by atoms with E-state index in [2.05, 4.69) is 61.5 Å². The Labute approximate surface area is 114 Å². The van der Waals surface area contributed by atoms with E-state index in [0.717, 1.165) is 5.39 Å². The number of fused-ring (bicyclic) bond motifs is 1. The van der Waals surface area contributed by atoms with Crippen molar-refractivity contribution in [2.75, 3.05) is 14.1 Å². The van der Waals surface area contributed by atoms with Crippen molar-refractivity contribution in [1.29, 1.82) is 0 Å². The molecule has 4 nitrogen and oxygen atoms in total. The second-order valence-electron chi connectivity index (χ2n) is 5.59. The number of hydrogen-bond donors (Lipinski definition) is 2. The first-order valence-electron chi connectivity index (χ1n) is 6.44. The molecule has 4 heteroatoms. The van der Waals surface area contributed by atoms with Crippen LogP contribution >= 0.6 is 0 Å². The van der Waals surface area contributed by atoms with Crippen molar-refractivity contribution in [1.82, 2.24) is 15.3 Å². The average Bonchev–Trinajstić information content (AvgIpc) is 2.39. The van der Waals surface area contributed by atoms with Crippen molar-refractivity contribution < 1.29 is 0 Å². The summed E-state index contributed by atoms with van der Waals surface area (Å²) in [4.78, 5) is 6.41. The van der Waals surface area contributed by atoms with Gasteiger partial charge in [0.2, 0.25) is 0 Å². The van der Waals surface area contributed by atoms with Crippen LogP contribution in [0.4, 0.5) is 0 Å². The maximum atomic E-state index is 5.82. The zero-order chi connectivity index (χ0) is 14.0. The molecule has 3 N–H and O–H groups in total. The van der Waals surface area contributed by atoms with E-state index in [1.165, 1.54) is 10.9 Å². The summed E-state index contributed by atoms with van der Waals surface area (Å²) < 4.78 is 0. The zero-order valence-electron chi connectivity index (χ0n) is 12.0. The number of nitrogens with two attached hydrogens (primary N) is 1. The van der Waals surface area contributed by atoms with Gasteiger partial charge in [0, 0.05) is 23.3 Å². The van der Waals surface area contributed by atoms with Crippen molar-refractivity contribution in [2.24, 2.45) is 5.84 Å². The molecule has 0 radical (unpaired) electrons. The Kier molecular flexibility index (Phi) is 3.85. The summed E-state index contributed by atoms with van der Waals surface area (Å²) in [7, 11) is 4.13. The van der Waals surface area contributed by atoms with Crippen LogP contribution in [0.15, 0.2) is 36.7 Å². The number of hydrogen-bond acceptors (Lipinski definition) is 4. The summed E-state index contributed by atoms with van der Waals surface area (Å²) in [5, 5.41) is 2.32. The van der Waals surface area contributed by atoms with Gasteiger partial charge in [-0.2, -0.15) is 0 Å². The summed E-state index contributed by atoms with van der Waals surface area (Å²) in [6.07, 6.45) is 3.72. The van der Waals surface area contributed by atoms with Crippen LogP contribution < -0.4 is 11.3 Å².